The molecule has 0 spiro atoms. The van der Waals surface area contributed by atoms with Crippen molar-refractivity contribution in [1.82, 2.24) is 0 Å². The highest BCUT2D eigenvalue weighted by molar-refractivity contribution is 7.13. The molecule has 0 saturated carbocycles. The molecule has 1 atom stereocenters. The van der Waals surface area contributed by atoms with Gasteiger partial charge in [0.15, 0.2) is 6.10 Å². The number of ether oxygens (including phenoxy) is 2. The number of hydrogen-bond acceptors (Lipinski definition) is 4. The largest absolute Gasteiger partial charge is 0.464 e. The van der Waals surface area contributed by atoms with Crippen molar-refractivity contribution < 1.29 is 14.3 Å². The number of allylic oxidation sites excluding steroid dienone is 2. The van der Waals surface area contributed by atoms with Crippen LogP contribution in [-0.4, -0.2) is 18.2 Å². The summed E-state index contributed by atoms with van der Waals surface area (Å²) in [5.74, 6) is -0.315. The van der Waals surface area contributed by atoms with E-state index in [1.54, 1.807) is 11.3 Å². The summed E-state index contributed by atoms with van der Waals surface area (Å²) in [6.45, 7) is 14.9. The topological polar surface area (TPSA) is 35.5 Å². The summed E-state index contributed by atoms with van der Waals surface area (Å²) >= 11 is 1.73. The number of hydrogen-bond donors (Lipinski definition) is 0. The lowest BCUT2D eigenvalue weighted by Crippen LogP contribution is -2.29. The fraction of sp³-hybridized carbons (Fsp3) is 0.483. The number of benzene rings is 1. The predicted molar refractivity (Wildman–Crippen MR) is 140 cm³/mol. The molecule has 178 valence electrons. The third-order valence-corrected chi connectivity index (χ3v) is 7.00. The second-order valence-electron chi connectivity index (χ2n) is 10.5. The molecule has 1 heterocycles. The van der Waals surface area contributed by atoms with E-state index in [2.05, 4.69) is 51.1 Å². The van der Waals surface area contributed by atoms with E-state index in [0.29, 0.717) is 12.0 Å². The number of aryl methyl sites for hydroxylation is 1. The van der Waals surface area contributed by atoms with Gasteiger partial charge in [0, 0.05) is 20.9 Å². The van der Waals surface area contributed by atoms with Gasteiger partial charge in [-0.05, 0) is 76.5 Å². The van der Waals surface area contributed by atoms with Crippen molar-refractivity contribution in [1.29, 1.82) is 0 Å². The summed E-state index contributed by atoms with van der Waals surface area (Å²) in [6, 6.07) is 10.3. The minimum atomic E-state index is -0.745. The van der Waals surface area contributed by atoms with Gasteiger partial charge >= 0.3 is 5.97 Å². The quantitative estimate of drug-likeness (QED) is 0.385. The van der Waals surface area contributed by atoms with Gasteiger partial charge < -0.3 is 9.47 Å². The lowest BCUT2D eigenvalue weighted by atomic mass is 9.76. The van der Waals surface area contributed by atoms with Crippen molar-refractivity contribution in [3.63, 3.8) is 0 Å². The molecule has 1 unspecified atom stereocenters. The lowest BCUT2D eigenvalue weighted by Gasteiger charge is -2.31. The van der Waals surface area contributed by atoms with E-state index in [4.69, 9.17) is 9.47 Å². The number of esters is 1. The van der Waals surface area contributed by atoms with Crippen LogP contribution in [0.25, 0.3) is 17.7 Å². The number of thiophene rings is 1. The van der Waals surface area contributed by atoms with Gasteiger partial charge in [0.25, 0.3) is 0 Å². The highest BCUT2D eigenvalue weighted by atomic mass is 32.1. The van der Waals surface area contributed by atoms with Crippen molar-refractivity contribution in [2.24, 2.45) is 5.41 Å². The summed E-state index contributed by atoms with van der Waals surface area (Å²) in [6.07, 6.45) is 9.11. The summed E-state index contributed by atoms with van der Waals surface area (Å²) in [4.78, 5) is 15.4. The van der Waals surface area contributed by atoms with Gasteiger partial charge in [-0.15, -0.1) is 11.3 Å². The van der Waals surface area contributed by atoms with Crippen molar-refractivity contribution in [2.75, 3.05) is 6.61 Å². The van der Waals surface area contributed by atoms with Crippen molar-refractivity contribution >= 4 is 35.0 Å². The van der Waals surface area contributed by atoms with Crippen LogP contribution in [-0.2, 0) is 14.3 Å². The van der Waals surface area contributed by atoms with Gasteiger partial charge in [0.2, 0.25) is 0 Å². The van der Waals surface area contributed by atoms with Crippen LogP contribution in [0.5, 0.6) is 0 Å². The fourth-order valence-electron chi connectivity index (χ4n) is 4.18. The number of rotatable bonds is 7. The molecule has 0 radical (unpaired) electrons. The zero-order chi connectivity index (χ0) is 24.2. The molecule has 0 saturated heterocycles. The van der Waals surface area contributed by atoms with E-state index in [9.17, 15) is 4.79 Å². The maximum Gasteiger partial charge on any atom is 0.340 e. The van der Waals surface area contributed by atoms with Gasteiger partial charge in [0.1, 0.15) is 0 Å². The Balaban J connectivity index is 2.15. The monoisotopic (exact) mass is 466 g/mol. The Kier molecular flexibility index (Phi) is 8.02. The molecule has 3 rings (SSSR count). The Hall–Kier alpha value is -2.17. The van der Waals surface area contributed by atoms with Crippen LogP contribution in [0.4, 0.5) is 0 Å². The molecule has 1 aliphatic rings. The predicted octanol–water partition coefficient (Wildman–Crippen LogP) is 8.24. The van der Waals surface area contributed by atoms with Gasteiger partial charge in [0.05, 0.1) is 12.2 Å². The fourth-order valence-corrected chi connectivity index (χ4v) is 5.31. The lowest BCUT2D eigenvalue weighted by molar-refractivity contribution is -0.166. The van der Waals surface area contributed by atoms with Crippen molar-refractivity contribution in [2.45, 2.75) is 79.4 Å². The first-order chi connectivity index (χ1) is 15.5. The average Bonchev–Trinajstić information content (AvgIpc) is 3.06. The summed E-state index contributed by atoms with van der Waals surface area (Å²) in [5.41, 5.74) is 4.41. The Morgan fingerprint density at radius 2 is 1.88 bits per heavy atom. The summed E-state index contributed by atoms with van der Waals surface area (Å²) < 4.78 is 11.8. The van der Waals surface area contributed by atoms with E-state index in [1.807, 2.05) is 45.9 Å². The second-order valence-corrected chi connectivity index (χ2v) is 11.8. The first kappa shape index (κ1) is 25.5. The molecular weight excluding hydrogens is 428 g/mol. The standard InChI is InChI=1S/C29H38O3S/c1-8-31-27(30)26(32-28(3,4)5)24-20(2)33-23(15-14-21-12-10-9-11-13-21)25(24)22-16-18-29(6,7)19-17-22/h9-16,26H,8,17-19H2,1-7H3/b15-14+. The third kappa shape index (κ3) is 6.68. The molecule has 0 N–H and O–H groups in total. The van der Waals surface area contributed by atoms with E-state index in [-0.39, 0.29) is 5.97 Å². The van der Waals surface area contributed by atoms with Gasteiger partial charge in [-0.25, -0.2) is 4.79 Å². The molecule has 0 amide bonds. The van der Waals surface area contributed by atoms with Gasteiger partial charge in [-0.3, -0.25) is 0 Å². The zero-order valence-electron chi connectivity index (χ0n) is 21.2. The summed E-state index contributed by atoms with van der Waals surface area (Å²) in [5, 5.41) is 0. The zero-order valence-corrected chi connectivity index (χ0v) is 22.0. The first-order valence-corrected chi connectivity index (χ1v) is 12.7. The van der Waals surface area contributed by atoms with Crippen molar-refractivity contribution in [3.05, 3.63) is 62.9 Å². The minimum Gasteiger partial charge on any atom is -0.464 e. The molecule has 2 aromatic rings. The Labute approximate surface area is 203 Å². The van der Waals surface area contributed by atoms with Gasteiger partial charge in [-0.1, -0.05) is 56.3 Å². The van der Waals surface area contributed by atoms with Crippen LogP contribution in [0.3, 0.4) is 0 Å². The summed E-state index contributed by atoms with van der Waals surface area (Å²) in [7, 11) is 0. The van der Waals surface area contributed by atoms with Crippen molar-refractivity contribution in [3.8, 4) is 0 Å². The molecule has 0 bridgehead atoms. The molecule has 3 nitrogen and oxygen atoms in total. The molecule has 4 heteroatoms. The van der Waals surface area contributed by atoms with E-state index in [1.165, 1.54) is 10.5 Å². The highest BCUT2D eigenvalue weighted by Crippen LogP contribution is 2.46. The molecule has 1 aromatic heterocycles. The van der Waals surface area contributed by atoms with Crippen LogP contribution in [0.2, 0.25) is 0 Å². The highest BCUT2D eigenvalue weighted by Gasteiger charge is 2.35. The van der Waals surface area contributed by atoms with Crippen LogP contribution < -0.4 is 0 Å². The smallest absolute Gasteiger partial charge is 0.340 e. The van der Waals surface area contributed by atoms with E-state index >= 15 is 0 Å². The number of carbonyl (C=O) groups excluding carboxylic acids is 1. The van der Waals surface area contributed by atoms with E-state index < -0.39 is 11.7 Å². The molecule has 0 aliphatic heterocycles. The van der Waals surface area contributed by atoms with Crippen LogP contribution in [0.1, 0.15) is 93.4 Å². The average molecular weight is 467 g/mol. The Morgan fingerprint density at radius 1 is 1.18 bits per heavy atom. The third-order valence-electron chi connectivity index (χ3n) is 5.91. The maximum absolute atomic E-state index is 13.1. The Bertz CT molecular complexity index is 1020. The minimum absolute atomic E-state index is 0.303. The molecule has 1 aromatic carbocycles. The van der Waals surface area contributed by atoms with Crippen LogP contribution >= 0.6 is 11.3 Å². The molecule has 33 heavy (non-hydrogen) atoms. The molecular formula is C29H38O3S. The molecule has 1 aliphatic carbocycles. The maximum atomic E-state index is 13.1. The number of carbonyl (C=O) groups is 1. The Morgan fingerprint density at radius 3 is 2.45 bits per heavy atom. The second kappa shape index (κ2) is 10.4. The van der Waals surface area contributed by atoms with Crippen LogP contribution in [0, 0.1) is 12.3 Å². The van der Waals surface area contributed by atoms with Crippen LogP contribution in [0.15, 0.2) is 36.4 Å². The SMILES string of the molecule is CCOC(=O)C(OC(C)(C)C)c1c(C)sc(/C=C/c2ccccc2)c1C1=CCC(C)(C)CC1. The normalized spacial score (nSPS) is 17.1. The first-order valence-electron chi connectivity index (χ1n) is 11.9. The van der Waals surface area contributed by atoms with E-state index in [0.717, 1.165) is 40.8 Å². The molecule has 0 fully saturated rings. The van der Waals surface area contributed by atoms with Gasteiger partial charge in [-0.2, -0.15) is 0 Å².